The number of rotatable bonds is 6. The van der Waals surface area contributed by atoms with Crippen molar-refractivity contribution < 1.29 is 19.1 Å². The Morgan fingerprint density at radius 1 is 1.21 bits per heavy atom. The van der Waals surface area contributed by atoms with E-state index in [0.29, 0.717) is 35.8 Å². The summed E-state index contributed by atoms with van der Waals surface area (Å²) in [4.78, 5) is 31.8. The third kappa shape index (κ3) is 4.50. The van der Waals surface area contributed by atoms with Gasteiger partial charge in [-0.3, -0.25) is 9.59 Å². The maximum atomic E-state index is 13.0. The van der Waals surface area contributed by atoms with Crippen LogP contribution in [0.2, 0.25) is 0 Å². The van der Waals surface area contributed by atoms with E-state index in [4.69, 9.17) is 9.47 Å². The van der Waals surface area contributed by atoms with Crippen LogP contribution >= 0.6 is 0 Å². The molecular weight excluding hydrogens is 356 g/mol. The van der Waals surface area contributed by atoms with E-state index < -0.39 is 0 Å². The molecule has 28 heavy (non-hydrogen) atoms. The summed E-state index contributed by atoms with van der Waals surface area (Å²) in [7, 11) is 1.49. The standard InChI is InChI=1S/C22H26N2O4/c1-15(2)28-18-9-4-7-16(13-18)20(25)17-8-6-12-24(14-17)22(26)19-10-5-11-23-21(19)27-3/h4-5,7,9-11,13,15,17H,6,8,12,14H2,1-3H3/t17-/m1/s1. The molecule has 1 aromatic heterocycles. The first-order valence-electron chi connectivity index (χ1n) is 9.58. The Labute approximate surface area is 165 Å². The second-order valence-corrected chi connectivity index (χ2v) is 7.21. The van der Waals surface area contributed by atoms with Crippen LogP contribution in [0.3, 0.4) is 0 Å². The maximum absolute atomic E-state index is 13.0. The van der Waals surface area contributed by atoms with E-state index in [0.717, 1.165) is 12.8 Å². The van der Waals surface area contributed by atoms with E-state index in [2.05, 4.69) is 4.98 Å². The SMILES string of the molecule is COc1ncccc1C(=O)N1CCC[C@@H](C(=O)c2cccc(OC(C)C)c2)C1. The molecule has 1 aromatic carbocycles. The van der Waals surface area contributed by atoms with Gasteiger partial charge in [-0.15, -0.1) is 0 Å². The highest BCUT2D eigenvalue weighted by molar-refractivity contribution is 6.00. The van der Waals surface area contributed by atoms with Crippen molar-refractivity contribution >= 4 is 11.7 Å². The molecular formula is C22H26N2O4. The van der Waals surface area contributed by atoms with E-state index >= 15 is 0 Å². The van der Waals surface area contributed by atoms with Crippen LogP contribution in [-0.2, 0) is 0 Å². The molecule has 1 saturated heterocycles. The average Bonchev–Trinajstić information content (AvgIpc) is 2.72. The Hall–Kier alpha value is -2.89. The molecule has 3 rings (SSSR count). The zero-order valence-electron chi connectivity index (χ0n) is 16.6. The number of piperidine rings is 1. The van der Waals surface area contributed by atoms with E-state index in [-0.39, 0.29) is 23.7 Å². The summed E-state index contributed by atoms with van der Waals surface area (Å²) in [5.74, 6) is 0.656. The van der Waals surface area contributed by atoms with Crippen molar-refractivity contribution in [3.63, 3.8) is 0 Å². The van der Waals surface area contributed by atoms with Crippen LogP contribution in [0.25, 0.3) is 0 Å². The van der Waals surface area contributed by atoms with Gasteiger partial charge >= 0.3 is 0 Å². The Kier molecular flexibility index (Phi) is 6.29. The summed E-state index contributed by atoms with van der Waals surface area (Å²) in [5.41, 5.74) is 1.04. The largest absolute Gasteiger partial charge is 0.491 e. The fraction of sp³-hybridized carbons (Fsp3) is 0.409. The number of nitrogens with zero attached hydrogens (tertiary/aromatic N) is 2. The molecule has 0 N–H and O–H groups in total. The van der Waals surface area contributed by atoms with Gasteiger partial charge in [-0.1, -0.05) is 12.1 Å². The van der Waals surface area contributed by atoms with Crippen LogP contribution in [0.4, 0.5) is 0 Å². The number of carbonyl (C=O) groups excluding carboxylic acids is 2. The van der Waals surface area contributed by atoms with Gasteiger partial charge in [0.15, 0.2) is 5.78 Å². The number of ketones is 1. The molecule has 1 aliphatic rings. The van der Waals surface area contributed by atoms with Crippen LogP contribution < -0.4 is 9.47 Å². The summed E-state index contributed by atoms with van der Waals surface area (Å²) in [6.45, 7) is 4.92. The Balaban J connectivity index is 1.74. The minimum atomic E-state index is -0.227. The van der Waals surface area contributed by atoms with Gasteiger partial charge in [-0.05, 0) is 51.0 Å². The molecule has 148 valence electrons. The lowest BCUT2D eigenvalue weighted by molar-refractivity contribution is 0.0633. The number of likely N-dealkylation sites (tertiary alicyclic amines) is 1. The second-order valence-electron chi connectivity index (χ2n) is 7.21. The van der Waals surface area contributed by atoms with Crippen molar-refractivity contribution in [1.82, 2.24) is 9.88 Å². The summed E-state index contributed by atoms with van der Waals surface area (Å²) in [6.07, 6.45) is 3.18. The van der Waals surface area contributed by atoms with Gasteiger partial charge in [0.05, 0.1) is 13.2 Å². The molecule has 2 heterocycles. The first kappa shape index (κ1) is 19.9. The molecule has 0 spiro atoms. The number of methoxy groups -OCH3 is 1. The zero-order valence-corrected chi connectivity index (χ0v) is 16.6. The van der Waals surface area contributed by atoms with Crippen LogP contribution in [0.15, 0.2) is 42.6 Å². The fourth-order valence-corrected chi connectivity index (χ4v) is 3.49. The minimum Gasteiger partial charge on any atom is -0.491 e. The van der Waals surface area contributed by atoms with E-state index in [9.17, 15) is 9.59 Å². The topological polar surface area (TPSA) is 68.7 Å². The van der Waals surface area contributed by atoms with Crippen LogP contribution in [0, 0.1) is 5.92 Å². The molecule has 6 nitrogen and oxygen atoms in total. The van der Waals surface area contributed by atoms with Crippen LogP contribution in [0.1, 0.15) is 47.4 Å². The third-order valence-electron chi connectivity index (χ3n) is 4.76. The number of ether oxygens (including phenoxy) is 2. The highest BCUT2D eigenvalue weighted by Crippen LogP contribution is 2.26. The number of benzene rings is 1. The zero-order chi connectivity index (χ0) is 20.1. The van der Waals surface area contributed by atoms with Crippen molar-refractivity contribution in [2.45, 2.75) is 32.8 Å². The number of hydrogen-bond acceptors (Lipinski definition) is 5. The number of Topliss-reactive ketones (excluding diaryl/α,β-unsaturated/α-hetero) is 1. The maximum Gasteiger partial charge on any atom is 0.259 e. The lowest BCUT2D eigenvalue weighted by atomic mass is 9.89. The number of carbonyl (C=O) groups is 2. The van der Waals surface area contributed by atoms with E-state index in [1.165, 1.54) is 7.11 Å². The number of pyridine rings is 1. The van der Waals surface area contributed by atoms with Crippen LogP contribution in [-0.4, -0.2) is 47.9 Å². The molecule has 1 aliphatic heterocycles. The smallest absolute Gasteiger partial charge is 0.259 e. The Morgan fingerprint density at radius 2 is 2.04 bits per heavy atom. The average molecular weight is 382 g/mol. The molecule has 0 radical (unpaired) electrons. The highest BCUT2D eigenvalue weighted by atomic mass is 16.5. The molecule has 0 aliphatic carbocycles. The first-order chi connectivity index (χ1) is 13.5. The van der Waals surface area contributed by atoms with Gasteiger partial charge in [-0.2, -0.15) is 0 Å². The summed E-state index contributed by atoms with van der Waals surface area (Å²) in [6, 6.07) is 10.7. The fourth-order valence-electron chi connectivity index (χ4n) is 3.49. The number of hydrogen-bond donors (Lipinski definition) is 0. The number of aromatic nitrogens is 1. The van der Waals surface area contributed by atoms with Gasteiger partial charge in [-0.25, -0.2) is 4.98 Å². The normalized spacial score (nSPS) is 16.7. The molecule has 0 saturated carbocycles. The van der Waals surface area contributed by atoms with Crippen molar-refractivity contribution in [3.8, 4) is 11.6 Å². The molecule has 1 amide bonds. The van der Waals surface area contributed by atoms with Crippen molar-refractivity contribution in [1.29, 1.82) is 0 Å². The third-order valence-corrected chi connectivity index (χ3v) is 4.76. The number of amides is 1. The highest BCUT2D eigenvalue weighted by Gasteiger charge is 2.30. The van der Waals surface area contributed by atoms with Gasteiger partial charge in [0.1, 0.15) is 11.3 Å². The predicted molar refractivity (Wildman–Crippen MR) is 106 cm³/mol. The lowest BCUT2D eigenvalue weighted by Gasteiger charge is -2.32. The van der Waals surface area contributed by atoms with Gasteiger partial charge in [0, 0.05) is 30.8 Å². The monoisotopic (exact) mass is 382 g/mol. The molecule has 6 heteroatoms. The molecule has 0 bridgehead atoms. The molecule has 2 aromatic rings. The quantitative estimate of drug-likeness (QED) is 0.714. The first-order valence-corrected chi connectivity index (χ1v) is 9.58. The van der Waals surface area contributed by atoms with Crippen molar-refractivity contribution in [3.05, 3.63) is 53.7 Å². The van der Waals surface area contributed by atoms with Crippen molar-refractivity contribution in [2.75, 3.05) is 20.2 Å². The van der Waals surface area contributed by atoms with Crippen LogP contribution in [0.5, 0.6) is 11.6 Å². The van der Waals surface area contributed by atoms with E-state index in [1.807, 2.05) is 26.0 Å². The molecule has 1 atom stereocenters. The summed E-state index contributed by atoms with van der Waals surface area (Å²) in [5, 5.41) is 0. The minimum absolute atomic E-state index is 0.0441. The van der Waals surface area contributed by atoms with Gasteiger partial charge in [0.25, 0.3) is 5.91 Å². The molecule has 0 unspecified atom stereocenters. The summed E-state index contributed by atoms with van der Waals surface area (Å²) < 4.78 is 10.9. The second kappa shape index (κ2) is 8.87. The van der Waals surface area contributed by atoms with Crippen molar-refractivity contribution in [2.24, 2.45) is 5.92 Å². The van der Waals surface area contributed by atoms with Gasteiger partial charge < -0.3 is 14.4 Å². The Morgan fingerprint density at radius 3 is 2.79 bits per heavy atom. The summed E-state index contributed by atoms with van der Waals surface area (Å²) >= 11 is 0. The van der Waals surface area contributed by atoms with Gasteiger partial charge in [0.2, 0.25) is 5.88 Å². The molecule has 1 fully saturated rings. The predicted octanol–water partition coefficient (Wildman–Crippen LogP) is 3.61. The Bertz CT molecular complexity index is 850. The lowest BCUT2D eigenvalue weighted by Crippen LogP contribution is -2.42. The van der Waals surface area contributed by atoms with E-state index in [1.54, 1.807) is 35.4 Å².